The lowest BCUT2D eigenvalue weighted by Crippen LogP contribution is -2.20. The minimum Gasteiger partial charge on any atom is -0.272 e. The average molecular weight is 489 g/mol. The summed E-state index contributed by atoms with van der Waals surface area (Å²) in [4.78, 5) is 16.4. The molecule has 4 aromatic rings. The Hall–Kier alpha value is -3.75. The van der Waals surface area contributed by atoms with Gasteiger partial charge in [-0.15, -0.1) is 10.2 Å². The van der Waals surface area contributed by atoms with E-state index in [0.29, 0.717) is 16.0 Å². The minimum absolute atomic E-state index is 0.126. The molecular weight excluding hydrogens is 468 g/mol. The number of allylic oxidation sites excluding steroid dienone is 1. The molecule has 0 atom stereocenters. The first-order chi connectivity index (χ1) is 16.6. The molecule has 1 N–H and O–H groups in total. The van der Waals surface area contributed by atoms with E-state index in [0.717, 1.165) is 22.4 Å². The van der Waals surface area contributed by atoms with Crippen molar-refractivity contribution in [2.45, 2.75) is 12.1 Å². The van der Waals surface area contributed by atoms with Crippen LogP contribution >= 0.6 is 23.4 Å². The van der Waals surface area contributed by atoms with Crippen molar-refractivity contribution >= 4 is 41.6 Å². The Balaban J connectivity index is 1.45. The van der Waals surface area contributed by atoms with Gasteiger partial charge in [0.1, 0.15) is 0 Å². The van der Waals surface area contributed by atoms with Crippen LogP contribution in [0, 0.1) is 0 Å². The van der Waals surface area contributed by atoms with Crippen LogP contribution in [0.5, 0.6) is 0 Å². The number of hydrazone groups is 1. The molecule has 7 nitrogen and oxygen atoms in total. The molecule has 2 aromatic carbocycles. The van der Waals surface area contributed by atoms with Crippen molar-refractivity contribution in [1.82, 2.24) is 25.2 Å². The average Bonchev–Trinajstić information content (AvgIpc) is 3.28. The van der Waals surface area contributed by atoms with Gasteiger partial charge in [-0.25, -0.2) is 5.43 Å². The number of carbonyl (C=O) groups is 1. The number of thioether (sulfide) groups is 1. The fourth-order valence-electron chi connectivity index (χ4n) is 3.09. The zero-order valence-corrected chi connectivity index (χ0v) is 19.9. The number of benzene rings is 2. The molecule has 0 saturated carbocycles. The Morgan fingerprint density at radius 3 is 2.53 bits per heavy atom. The number of amides is 1. The number of nitrogens with zero attached hydrogens (tertiary/aromatic N) is 5. The minimum atomic E-state index is -0.245. The van der Waals surface area contributed by atoms with Crippen molar-refractivity contribution in [2.75, 3.05) is 5.75 Å². The summed E-state index contributed by atoms with van der Waals surface area (Å²) >= 11 is 7.34. The summed E-state index contributed by atoms with van der Waals surface area (Å²) in [7, 11) is 0. The summed E-state index contributed by atoms with van der Waals surface area (Å²) in [6, 6.07) is 21.0. The van der Waals surface area contributed by atoms with Gasteiger partial charge < -0.3 is 0 Å². The summed E-state index contributed by atoms with van der Waals surface area (Å²) in [5.41, 5.74) is 6.25. The molecule has 0 saturated heterocycles. The quantitative estimate of drug-likeness (QED) is 0.207. The fourth-order valence-corrected chi connectivity index (χ4v) is 3.96. The standard InChI is InChI=1S/C25H21ClN6OS/c1-18(15-19-5-3-2-4-6-19)16-28-29-23(33)17-34-25-31-30-24(20-11-13-27-14-12-20)32(25)22-9-7-21(26)8-10-22/h2-16H,17H2,1H3,(H,29,33). The molecular formula is C25H21ClN6OS. The predicted octanol–water partition coefficient (Wildman–Crippen LogP) is 5.28. The first-order valence-electron chi connectivity index (χ1n) is 10.4. The molecule has 34 heavy (non-hydrogen) atoms. The Morgan fingerprint density at radius 1 is 1.06 bits per heavy atom. The van der Waals surface area contributed by atoms with Crippen LogP contribution in [-0.2, 0) is 4.79 Å². The van der Waals surface area contributed by atoms with Crippen LogP contribution < -0.4 is 5.43 Å². The maximum atomic E-state index is 12.4. The summed E-state index contributed by atoms with van der Waals surface area (Å²) in [5.74, 6) is 0.526. The van der Waals surface area contributed by atoms with Gasteiger partial charge in [0.15, 0.2) is 11.0 Å². The van der Waals surface area contributed by atoms with Crippen molar-refractivity contribution in [3.05, 3.63) is 95.3 Å². The van der Waals surface area contributed by atoms with E-state index in [4.69, 9.17) is 11.6 Å². The number of carbonyl (C=O) groups excluding carboxylic acids is 1. The number of aromatic nitrogens is 4. The van der Waals surface area contributed by atoms with E-state index in [2.05, 4.69) is 25.7 Å². The molecule has 0 aliphatic heterocycles. The highest BCUT2D eigenvalue weighted by atomic mass is 35.5. The zero-order valence-electron chi connectivity index (χ0n) is 18.3. The van der Waals surface area contributed by atoms with Crippen LogP contribution in [0.3, 0.4) is 0 Å². The fraction of sp³-hybridized carbons (Fsp3) is 0.0800. The molecule has 0 spiro atoms. The molecule has 2 aromatic heterocycles. The monoisotopic (exact) mass is 488 g/mol. The summed E-state index contributed by atoms with van der Waals surface area (Å²) in [6.45, 7) is 1.92. The number of hydrogen-bond acceptors (Lipinski definition) is 6. The Morgan fingerprint density at radius 2 is 1.79 bits per heavy atom. The number of halogens is 1. The third-order valence-electron chi connectivity index (χ3n) is 4.64. The van der Waals surface area contributed by atoms with E-state index in [1.54, 1.807) is 30.7 Å². The topological polar surface area (TPSA) is 85.1 Å². The van der Waals surface area contributed by atoms with Crippen molar-refractivity contribution in [3.8, 4) is 17.1 Å². The van der Waals surface area contributed by atoms with Gasteiger partial charge >= 0.3 is 0 Å². The predicted molar refractivity (Wildman–Crippen MR) is 137 cm³/mol. The van der Waals surface area contributed by atoms with Crippen LogP contribution in [0.2, 0.25) is 5.02 Å². The molecule has 0 aliphatic rings. The molecule has 0 radical (unpaired) electrons. The van der Waals surface area contributed by atoms with Crippen LogP contribution in [-0.4, -0.2) is 37.6 Å². The molecule has 0 unspecified atom stereocenters. The third kappa shape index (κ3) is 6.18. The van der Waals surface area contributed by atoms with E-state index in [-0.39, 0.29) is 11.7 Å². The second-order valence-corrected chi connectivity index (χ2v) is 8.61. The lowest BCUT2D eigenvalue weighted by molar-refractivity contribution is -0.118. The lowest BCUT2D eigenvalue weighted by atomic mass is 10.1. The Kier molecular flexibility index (Phi) is 7.85. The normalized spacial score (nSPS) is 11.6. The molecule has 0 fully saturated rings. The van der Waals surface area contributed by atoms with Crippen molar-refractivity contribution in [1.29, 1.82) is 0 Å². The van der Waals surface area contributed by atoms with Gasteiger partial charge in [-0.3, -0.25) is 14.3 Å². The lowest BCUT2D eigenvalue weighted by Gasteiger charge is -2.10. The number of rotatable bonds is 8. The van der Waals surface area contributed by atoms with Crippen molar-refractivity contribution < 1.29 is 4.79 Å². The number of nitrogens with one attached hydrogen (secondary N) is 1. The first-order valence-corrected chi connectivity index (χ1v) is 11.8. The van der Waals surface area contributed by atoms with E-state index in [1.807, 2.05) is 72.2 Å². The van der Waals surface area contributed by atoms with Gasteiger partial charge in [0, 0.05) is 28.7 Å². The second kappa shape index (κ2) is 11.4. The molecule has 170 valence electrons. The highest BCUT2D eigenvalue weighted by Gasteiger charge is 2.17. The maximum Gasteiger partial charge on any atom is 0.250 e. The van der Waals surface area contributed by atoms with Crippen LogP contribution in [0.4, 0.5) is 0 Å². The van der Waals surface area contributed by atoms with Crippen LogP contribution in [0.1, 0.15) is 12.5 Å². The summed E-state index contributed by atoms with van der Waals surface area (Å²) in [6.07, 6.45) is 7.00. The molecule has 9 heteroatoms. The molecule has 0 bridgehead atoms. The van der Waals surface area contributed by atoms with E-state index < -0.39 is 0 Å². The van der Waals surface area contributed by atoms with Crippen LogP contribution in [0.25, 0.3) is 23.2 Å². The second-order valence-electron chi connectivity index (χ2n) is 7.23. The number of pyridine rings is 1. The molecule has 1 amide bonds. The summed E-state index contributed by atoms with van der Waals surface area (Å²) < 4.78 is 1.89. The van der Waals surface area contributed by atoms with Gasteiger partial charge in [0.2, 0.25) is 0 Å². The largest absolute Gasteiger partial charge is 0.272 e. The highest BCUT2D eigenvalue weighted by Crippen LogP contribution is 2.28. The highest BCUT2D eigenvalue weighted by molar-refractivity contribution is 7.99. The van der Waals surface area contributed by atoms with Gasteiger partial charge in [-0.05, 0) is 54.5 Å². The molecule has 0 aliphatic carbocycles. The van der Waals surface area contributed by atoms with Crippen molar-refractivity contribution in [2.24, 2.45) is 5.10 Å². The molecule has 4 rings (SSSR count). The molecule has 2 heterocycles. The number of hydrogen-bond donors (Lipinski definition) is 1. The van der Waals surface area contributed by atoms with E-state index in [1.165, 1.54) is 11.8 Å². The van der Waals surface area contributed by atoms with Crippen molar-refractivity contribution in [3.63, 3.8) is 0 Å². The smallest absolute Gasteiger partial charge is 0.250 e. The SMILES string of the molecule is CC(C=NNC(=O)CSc1nnc(-c2ccncc2)n1-c1ccc(Cl)cc1)=Cc1ccccc1. The first kappa shape index (κ1) is 23.4. The van der Waals surface area contributed by atoms with Crippen LogP contribution in [0.15, 0.2) is 95.0 Å². The summed E-state index contributed by atoms with van der Waals surface area (Å²) in [5, 5.41) is 13.9. The van der Waals surface area contributed by atoms with Gasteiger partial charge in [-0.1, -0.05) is 59.8 Å². The van der Waals surface area contributed by atoms with E-state index in [9.17, 15) is 4.79 Å². The van der Waals surface area contributed by atoms with Gasteiger partial charge in [0.25, 0.3) is 5.91 Å². The third-order valence-corrected chi connectivity index (χ3v) is 5.82. The zero-order chi connectivity index (χ0) is 23.8. The Bertz CT molecular complexity index is 1300. The maximum absolute atomic E-state index is 12.4. The van der Waals surface area contributed by atoms with Gasteiger partial charge in [0.05, 0.1) is 12.0 Å². The van der Waals surface area contributed by atoms with E-state index >= 15 is 0 Å². The Labute approximate surface area is 206 Å². The van der Waals surface area contributed by atoms with Gasteiger partial charge in [-0.2, -0.15) is 5.10 Å².